The maximum absolute atomic E-state index is 12.4. The predicted octanol–water partition coefficient (Wildman–Crippen LogP) is 3.05. The highest BCUT2D eigenvalue weighted by Crippen LogP contribution is 2.38. The van der Waals surface area contributed by atoms with Gasteiger partial charge < -0.3 is 10.1 Å². The van der Waals surface area contributed by atoms with Crippen molar-refractivity contribution in [2.75, 3.05) is 18.5 Å². The van der Waals surface area contributed by atoms with Gasteiger partial charge in [0, 0.05) is 30.1 Å². The van der Waals surface area contributed by atoms with Crippen LogP contribution in [0.15, 0.2) is 53.4 Å². The van der Waals surface area contributed by atoms with Gasteiger partial charge in [0.1, 0.15) is 11.6 Å². The lowest BCUT2D eigenvalue weighted by Crippen LogP contribution is -2.27. The van der Waals surface area contributed by atoms with Crippen molar-refractivity contribution in [1.29, 1.82) is 0 Å². The van der Waals surface area contributed by atoms with Gasteiger partial charge in [-0.3, -0.25) is 9.89 Å². The molecule has 168 valence electrons. The van der Waals surface area contributed by atoms with E-state index >= 15 is 0 Å². The molecule has 0 spiro atoms. The molecule has 10 heteroatoms. The van der Waals surface area contributed by atoms with E-state index < -0.39 is 10.0 Å². The Morgan fingerprint density at radius 1 is 1.19 bits per heavy atom. The van der Waals surface area contributed by atoms with E-state index in [1.165, 1.54) is 12.1 Å². The molecule has 9 nitrogen and oxygen atoms in total. The Balaban J connectivity index is 1.30. The second kappa shape index (κ2) is 9.49. The first-order valence-corrected chi connectivity index (χ1v) is 12.0. The van der Waals surface area contributed by atoms with Crippen molar-refractivity contribution in [3.63, 3.8) is 0 Å². The molecule has 1 saturated carbocycles. The first kappa shape index (κ1) is 22.0. The second-order valence-corrected chi connectivity index (χ2v) is 9.27. The number of carbonyl (C=O) groups excluding carboxylic acids is 1. The van der Waals surface area contributed by atoms with Gasteiger partial charge in [-0.05, 0) is 56.2 Å². The number of nitrogens with one attached hydrogen (secondary N) is 3. The summed E-state index contributed by atoms with van der Waals surface area (Å²) in [5, 5.41) is 10.0. The molecule has 0 atom stereocenters. The quantitative estimate of drug-likeness (QED) is 0.431. The molecule has 0 radical (unpaired) electrons. The summed E-state index contributed by atoms with van der Waals surface area (Å²) < 4.78 is 32.6. The first-order chi connectivity index (χ1) is 15.4. The number of sulfonamides is 1. The molecule has 0 bridgehead atoms. The van der Waals surface area contributed by atoms with Gasteiger partial charge >= 0.3 is 0 Å². The van der Waals surface area contributed by atoms with Gasteiger partial charge in [-0.1, -0.05) is 12.1 Å². The van der Waals surface area contributed by atoms with E-state index in [-0.39, 0.29) is 23.8 Å². The summed E-state index contributed by atoms with van der Waals surface area (Å²) in [6.45, 7) is 2.33. The van der Waals surface area contributed by atoms with Crippen molar-refractivity contribution in [3.05, 3.63) is 54.4 Å². The molecule has 1 aromatic heterocycles. The van der Waals surface area contributed by atoms with Crippen molar-refractivity contribution in [2.24, 2.45) is 0 Å². The molecule has 1 aliphatic carbocycles. The molecule has 0 saturated heterocycles. The van der Waals surface area contributed by atoms with Gasteiger partial charge in [-0.15, -0.1) is 0 Å². The van der Waals surface area contributed by atoms with Crippen LogP contribution in [0.2, 0.25) is 0 Å². The zero-order valence-electron chi connectivity index (χ0n) is 17.7. The van der Waals surface area contributed by atoms with Crippen LogP contribution in [0.1, 0.15) is 37.9 Å². The van der Waals surface area contributed by atoms with E-state index in [0.29, 0.717) is 29.8 Å². The number of hydrogen-bond donors (Lipinski definition) is 3. The SMILES string of the molecule is CCOc1ccc(S(=O)(=O)NCCC(=O)Nc2cccc(-c3n[nH]c(C4CC4)n3)c2)cc1. The van der Waals surface area contributed by atoms with E-state index in [1.54, 1.807) is 24.3 Å². The maximum atomic E-state index is 12.4. The molecule has 3 aromatic rings. The zero-order valence-corrected chi connectivity index (χ0v) is 18.5. The Morgan fingerprint density at radius 3 is 2.69 bits per heavy atom. The average molecular weight is 456 g/mol. The Labute approximate surface area is 186 Å². The summed E-state index contributed by atoms with van der Waals surface area (Å²) in [6, 6.07) is 13.4. The number of anilines is 1. The normalized spacial score (nSPS) is 13.7. The van der Waals surface area contributed by atoms with E-state index in [9.17, 15) is 13.2 Å². The number of aromatic nitrogens is 3. The molecule has 2 aromatic carbocycles. The third kappa shape index (κ3) is 5.51. The fourth-order valence-electron chi connectivity index (χ4n) is 3.17. The first-order valence-electron chi connectivity index (χ1n) is 10.5. The number of hydrogen-bond acceptors (Lipinski definition) is 6. The maximum Gasteiger partial charge on any atom is 0.240 e. The van der Waals surface area contributed by atoms with Gasteiger partial charge in [0.2, 0.25) is 15.9 Å². The van der Waals surface area contributed by atoms with E-state index in [1.807, 2.05) is 19.1 Å². The molecule has 0 aliphatic heterocycles. The van der Waals surface area contributed by atoms with Gasteiger partial charge in [-0.2, -0.15) is 5.10 Å². The summed E-state index contributed by atoms with van der Waals surface area (Å²) in [7, 11) is -3.71. The highest BCUT2D eigenvalue weighted by molar-refractivity contribution is 7.89. The van der Waals surface area contributed by atoms with Crippen LogP contribution < -0.4 is 14.8 Å². The van der Waals surface area contributed by atoms with Crippen molar-refractivity contribution < 1.29 is 17.9 Å². The Bertz CT molecular complexity index is 1190. The summed E-state index contributed by atoms with van der Waals surface area (Å²) in [4.78, 5) is 16.9. The highest BCUT2D eigenvalue weighted by Gasteiger charge is 2.27. The molecule has 1 aliphatic rings. The largest absolute Gasteiger partial charge is 0.494 e. The lowest BCUT2D eigenvalue weighted by atomic mass is 10.2. The lowest BCUT2D eigenvalue weighted by Gasteiger charge is -2.09. The summed E-state index contributed by atoms with van der Waals surface area (Å²) in [6.07, 6.45) is 2.26. The average Bonchev–Trinajstić information content (AvgIpc) is 3.51. The third-order valence-corrected chi connectivity index (χ3v) is 6.44. The minimum Gasteiger partial charge on any atom is -0.494 e. The molecule has 0 unspecified atom stereocenters. The highest BCUT2D eigenvalue weighted by atomic mass is 32.2. The smallest absolute Gasteiger partial charge is 0.240 e. The molecular weight excluding hydrogens is 430 g/mol. The minimum absolute atomic E-state index is 0.00697. The molecule has 1 fully saturated rings. The monoisotopic (exact) mass is 455 g/mol. The van der Waals surface area contributed by atoms with Crippen LogP contribution in [0, 0.1) is 0 Å². The van der Waals surface area contributed by atoms with E-state index in [0.717, 1.165) is 24.2 Å². The number of ether oxygens (including phenoxy) is 1. The van der Waals surface area contributed by atoms with Crippen molar-refractivity contribution in [2.45, 2.75) is 37.0 Å². The Morgan fingerprint density at radius 2 is 1.97 bits per heavy atom. The fraction of sp³-hybridized carbons (Fsp3) is 0.318. The lowest BCUT2D eigenvalue weighted by molar-refractivity contribution is -0.116. The molecular formula is C22H25N5O4S. The molecule has 4 rings (SSSR count). The van der Waals surface area contributed by atoms with Crippen molar-refractivity contribution in [3.8, 4) is 17.1 Å². The zero-order chi connectivity index (χ0) is 22.6. The van der Waals surface area contributed by atoms with Crippen molar-refractivity contribution in [1.82, 2.24) is 19.9 Å². The number of rotatable bonds is 10. The van der Waals surface area contributed by atoms with Crippen LogP contribution in [0.4, 0.5) is 5.69 Å². The Hall–Kier alpha value is -3.24. The third-order valence-electron chi connectivity index (χ3n) is 4.96. The fourth-order valence-corrected chi connectivity index (χ4v) is 4.20. The number of amides is 1. The number of aromatic amines is 1. The van der Waals surface area contributed by atoms with E-state index in [2.05, 4.69) is 25.2 Å². The summed E-state index contributed by atoms with van der Waals surface area (Å²) in [5.74, 6) is 2.26. The van der Waals surface area contributed by atoms with E-state index in [4.69, 9.17) is 4.74 Å². The predicted molar refractivity (Wildman–Crippen MR) is 120 cm³/mol. The molecule has 1 heterocycles. The Kier molecular flexibility index (Phi) is 6.52. The molecule has 3 N–H and O–H groups in total. The number of carbonyl (C=O) groups is 1. The minimum atomic E-state index is -3.71. The number of H-pyrrole nitrogens is 1. The number of benzene rings is 2. The van der Waals surface area contributed by atoms with Crippen LogP contribution in [0.3, 0.4) is 0 Å². The van der Waals surface area contributed by atoms with Crippen LogP contribution in [-0.4, -0.2) is 42.7 Å². The van der Waals surface area contributed by atoms with Gasteiger partial charge in [-0.25, -0.2) is 18.1 Å². The molecule has 1 amide bonds. The van der Waals surface area contributed by atoms with Gasteiger partial charge in [0.05, 0.1) is 11.5 Å². The topological polar surface area (TPSA) is 126 Å². The van der Waals surface area contributed by atoms with Crippen molar-refractivity contribution >= 4 is 21.6 Å². The van der Waals surface area contributed by atoms with Gasteiger partial charge in [0.25, 0.3) is 0 Å². The summed E-state index contributed by atoms with van der Waals surface area (Å²) >= 11 is 0. The molecule has 32 heavy (non-hydrogen) atoms. The second-order valence-electron chi connectivity index (χ2n) is 7.50. The van der Waals surface area contributed by atoms with Crippen LogP contribution in [0.25, 0.3) is 11.4 Å². The van der Waals surface area contributed by atoms with Crippen LogP contribution in [0.5, 0.6) is 5.75 Å². The summed E-state index contributed by atoms with van der Waals surface area (Å²) in [5.41, 5.74) is 1.39. The number of nitrogens with zero attached hydrogens (tertiary/aromatic N) is 2. The standard InChI is InChI=1S/C22H25N5O4S/c1-2-31-18-8-10-19(11-9-18)32(29,30)23-13-12-20(28)24-17-5-3-4-16(14-17)22-25-21(26-27-22)15-6-7-15/h3-5,8-11,14-15,23H,2,6-7,12-13H2,1H3,(H,24,28)(H,25,26,27). The van der Waals surface area contributed by atoms with Crippen LogP contribution >= 0.6 is 0 Å². The van der Waals surface area contributed by atoms with Gasteiger partial charge in [0.15, 0.2) is 5.82 Å². The van der Waals surface area contributed by atoms with Crippen LogP contribution in [-0.2, 0) is 14.8 Å².